The predicted molar refractivity (Wildman–Crippen MR) is 82.2 cm³/mol. The van der Waals surface area contributed by atoms with E-state index in [0.29, 0.717) is 18.1 Å². The van der Waals surface area contributed by atoms with E-state index in [-0.39, 0.29) is 18.2 Å². The number of hydrogen-bond donors (Lipinski definition) is 1. The molecule has 0 aliphatic carbocycles. The van der Waals surface area contributed by atoms with Crippen molar-refractivity contribution >= 4 is 24.0 Å². The van der Waals surface area contributed by atoms with Crippen LogP contribution in [0.1, 0.15) is 11.1 Å². The van der Waals surface area contributed by atoms with E-state index in [9.17, 15) is 4.39 Å². The Balaban J connectivity index is 0.00000200. The summed E-state index contributed by atoms with van der Waals surface area (Å²) in [5.41, 5.74) is 2.03. The second-order valence-corrected chi connectivity index (χ2v) is 4.62. The van der Waals surface area contributed by atoms with E-state index in [4.69, 9.17) is 16.3 Å². The van der Waals surface area contributed by atoms with Crippen molar-refractivity contribution in [2.75, 3.05) is 7.11 Å². The average molecular weight is 316 g/mol. The van der Waals surface area contributed by atoms with Crippen LogP contribution in [0.15, 0.2) is 42.5 Å². The molecule has 0 atom stereocenters. The number of methoxy groups -OCH3 is 1. The van der Waals surface area contributed by atoms with Crippen molar-refractivity contribution < 1.29 is 9.13 Å². The molecule has 108 valence electrons. The van der Waals surface area contributed by atoms with Gasteiger partial charge in [-0.1, -0.05) is 23.7 Å². The number of halogens is 3. The zero-order valence-corrected chi connectivity index (χ0v) is 12.6. The Morgan fingerprint density at radius 2 is 1.80 bits per heavy atom. The first kappa shape index (κ1) is 16.8. The Hall–Kier alpha value is -1.29. The van der Waals surface area contributed by atoms with Gasteiger partial charge in [0.2, 0.25) is 0 Å². The number of ether oxygens (including phenoxy) is 1. The van der Waals surface area contributed by atoms with Gasteiger partial charge >= 0.3 is 0 Å². The first-order valence-electron chi connectivity index (χ1n) is 5.96. The van der Waals surface area contributed by atoms with E-state index in [1.807, 2.05) is 12.1 Å². The topological polar surface area (TPSA) is 21.3 Å². The summed E-state index contributed by atoms with van der Waals surface area (Å²) in [7, 11) is 1.63. The fourth-order valence-corrected chi connectivity index (χ4v) is 2.02. The quantitative estimate of drug-likeness (QED) is 0.893. The summed E-state index contributed by atoms with van der Waals surface area (Å²) in [4.78, 5) is 0. The van der Waals surface area contributed by atoms with Gasteiger partial charge in [-0.2, -0.15) is 0 Å². The third kappa shape index (κ3) is 4.67. The Labute approximate surface area is 129 Å². The van der Waals surface area contributed by atoms with Crippen LogP contribution in [0.4, 0.5) is 4.39 Å². The van der Waals surface area contributed by atoms with E-state index in [1.54, 1.807) is 25.3 Å². The van der Waals surface area contributed by atoms with Crippen LogP contribution in [0.25, 0.3) is 0 Å². The summed E-state index contributed by atoms with van der Waals surface area (Å²) in [6, 6.07) is 11.9. The Kier molecular flexibility index (Phi) is 6.79. The molecule has 0 unspecified atom stereocenters. The normalized spacial score (nSPS) is 9.95. The maximum absolute atomic E-state index is 12.8. The highest BCUT2D eigenvalue weighted by molar-refractivity contribution is 6.30. The van der Waals surface area contributed by atoms with E-state index in [0.717, 1.165) is 16.9 Å². The molecule has 0 amide bonds. The molecule has 0 heterocycles. The van der Waals surface area contributed by atoms with Crippen LogP contribution in [-0.2, 0) is 13.1 Å². The van der Waals surface area contributed by atoms with E-state index in [2.05, 4.69) is 5.32 Å². The number of nitrogens with one attached hydrogen (secondary N) is 1. The standard InChI is InChI=1S/C15H15ClFNO.ClH/c1-19-15-7-4-13(16)8-12(15)10-18-9-11-2-5-14(17)6-3-11;/h2-8,18H,9-10H2,1H3;1H. The zero-order chi connectivity index (χ0) is 13.7. The van der Waals surface area contributed by atoms with Crippen LogP contribution in [-0.4, -0.2) is 7.11 Å². The van der Waals surface area contributed by atoms with Crippen LogP contribution >= 0.6 is 24.0 Å². The molecule has 0 bridgehead atoms. The lowest BCUT2D eigenvalue weighted by Gasteiger charge is -2.10. The number of benzene rings is 2. The molecule has 2 aromatic rings. The lowest BCUT2D eigenvalue weighted by atomic mass is 10.2. The Morgan fingerprint density at radius 1 is 1.10 bits per heavy atom. The minimum absolute atomic E-state index is 0. The summed E-state index contributed by atoms with van der Waals surface area (Å²) in [6.45, 7) is 1.30. The van der Waals surface area contributed by atoms with Crippen LogP contribution < -0.4 is 10.1 Å². The van der Waals surface area contributed by atoms with Crippen molar-refractivity contribution in [2.45, 2.75) is 13.1 Å². The van der Waals surface area contributed by atoms with Crippen molar-refractivity contribution in [2.24, 2.45) is 0 Å². The molecule has 0 radical (unpaired) electrons. The van der Waals surface area contributed by atoms with Gasteiger partial charge in [-0.3, -0.25) is 0 Å². The summed E-state index contributed by atoms with van der Waals surface area (Å²) >= 11 is 5.96. The summed E-state index contributed by atoms with van der Waals surface area (Å²) in [5, 5.41) is 3.96. The van der Waals surface area contributed by atoms with Crippen molar-refractivity contribution in [1.29, 1.82) is 0 Å². The van der Waals surface area contributed by atoms with Gasteiger partial charge in [-0.15, -0.1) is 12.4 Å². The highest BCUT2D eigenvalue weighted by Gasteiger charge is 2.03. The highest BCUT2D eigenvalue weighted by Crippen LogP contribution is 2.22. The molecule has 2 aromatic carbocycles. The molecule has 2 rings (SSSR count). The van der Waals surface area contributed by atoms with Gasteiger partial charge < -0.3 is 10.1 Å². The molecule has 0 aliphatic rings. The molecule has 5 heteroatoms. The molecule has 2 nitrogen and oxygen atoms in total. The molecule has 0 saturated heterocycles. The lowest BCUT2D eigenvalue weighted by Crippen LogP contribution is -2.13. The maximum Gasteiger partial charge on any atom is 0.123 e. The first-order chi connectivity index (χ1) is 9.19. The molecular weight excluding hydrogens is 300 g/mol. The minimum Gasteiger partial charge on any atom is -0.496 e. The SMILES string of the molecule is COc1ccc(Cl)cc1CNCc1ccc(F)cc1.Cl. The first-order valence-corrected chi connectivity index (χ1v) is 6.34. The van der Waals surface area contributed by atoms with Crippen LogP contribution in [0.2, 0.25) is 5.02 Å². The maximum atomic E-state index is 12.8. The summed E-state index contributed by atoms with van der Waals surface area (Å²) < 4.78 is 18.0. The van der Waals surface area contributed by atoms with E-state index < -0.39 is 0 Å². The van der Waals surface area contributed by atoms with Gasteiger partial charge in [0.05, 0.1) is 7.11 Å². The second-order valence-electron chi connectivity index (χ2n) is 4.19. The van der Waals surface area contributed by atoms with Crippen LogP contribution in [0.5, 0.6) is 5.75 Å². The van der Waals surface area contributed by atoms with E-state index >= 15 is 0 Å². The Bertz CT molecular complexity index is 546. The van der Waals surface area contributed by atoms with Crippen molar-refractivity contribution in [3.63, 3.8) is 0 Å². The zero-order valence-electron chi connectivity index (χ0n) is 11.0. The predicted octanol–water partition coefficient (Wildman–Crippen LogP) is 4.20. The van der Waals surface area contributed by atoms with Crippen LogP contribution in [0.3, 0.4) is 0 Å². The van der Waals surface area contributed by atoms with Gasteiger partial charge in [0.1, 0.15) is 11.6 Å². The van der Waals surface area contributed by atoms with Crippen molar-refractivity contribution in [3.8, 4) is 5.75 Å². The molecule has 0 fully saturated rings. The third-order valence-corrected chi connectivity index (χ3v) is 3.04. The minimum atomic E-state index is -0.222. The average Bonchev–Trinajstić information content (AvgIpc) is 2.41. The second kappa shape index (κ2) is 8.10. The van der Waals surface area contributed by atoms with Gasteiger partial charge in [-0.25, -0.2) is 4.39 Å². The Morgan fingerprint density at radius 3 is 2.45 bits per heavy atom. The molecule has 0 spiro atoms. The van der Waals surface area contributed by atoms with Crippen molar-refractivity contribution in [1.82, 2.24) is 5.32 Å². The van der Waals surface area contributed by atoms with Crippen molar-refractivity contribution in [3.05, 3.63) is 64.4 Å². The monoisotopic (exact) mass is 315 g/mol. The van der Waals surface area contributed by atoms with Gasteiger partial charge in [0, 0.05) is 23.7 Å². The molecule has 0 aliphatic heterocycles. The van der Waals surface area contributed by atoms with Gasteiger partial charge in [0.25, 0.3) is 0 Å². The van der Waals surface area contributed by atoms with Gasteiger partial charge in [0.15, 0.2) is 0 Å². The largest absolute Gasteiger partial charge is 0.496 e. The van der Waals surface area contributed by atoms with Crippen LogP contribution in [0, 0.1) is 5.82 Å². The fourth-order valence-electron chi connectivity index (χ4n) is 1.83. The molecule has 0 aromatic heterocycles. The summed E-state index contributed by atoms with van der Waals surface area (Å²) in [5.74, 6) is 0.580. The molecular formula is C15H16Cl2FNO. The smallest absolute Gasteiger partial charge is 0.123 e. The van der Waals surface area contributed by atoms with Gasteiger partial charge in [-0.05, 0) is 35.9 Å². The molecule has 1 N–H and O–H groups in total. The molecule has 20 heavy (non-hydrogen) atoms. The lowest BCUT2D eigenvalue weighted by molar-refractivity contribution is 0.407. The number of hydrogen-bond acceptors (Lipinski definition) is 2. The fraction of sp³-hybridized carbons (Fsp3) is 0.200. The highest BCUT2D eigenvalue weighted by atomic mass is 35.5. The number of rotatable bonds is 5. The molecule has 0 saturated carbocycles. The third-order valence-electron chi connectivity index (χ3n) is 2.80. The van der Waals surface area contributed by atoms with E-state index in [1.165, 1.54) is 12.1 Å². The summed E-state index contributed by atoms with van der Waals surface area (Å²) in [6.07, 6.45) is 0.